The van der Waals surface area contributed by atoms with Crippen LogP contribution < -0.4 is 5.32 Å². The Morgan fingerprint density at radius 2 is 1.89 bits per heavy atom. The van der Waals surface area contributed by atoms with E-state index in [4.69, 9.17) is 9.90 Å². The first kappa shape index (κ1) is 13.3. The molecule has 19 heavy (non-hydrogen) atoms. The van der Waals surface area contributed by atoms with Gasteiger partial charge in [0.25, 0.3) is 6.47 Å². The summed E-state index contributed by atoms with van der Waals surface area (Å²) in [6.45, 7) is 1.91. The van der Waals surface area contributed by atoms with E-state index in [0.29, 0.717) is 0 Å². The molecule has 100 valence electrons. The Balaban J connectivity index is 0.000000408. The molecule has 3 rings (SSSR count). The van der Waals surface area contributed by atoms with E-state index >= 15 is 0 Å². The third-order valence-electron chi connectivity index (χ3n) is 3.49. The number of aryl methyl sites for hydroxylation is 3. The van der Waals surface area contributed by atoms with Crippen LogP contribution in [-0.2, 0) is 17.6 Å². The van der Waals surface area contributed by atoms with Crippen LogP contribution >= 0.6 is 0 Å². The van der Waals surface area contributed by atoms with E-state index in [1.807, 2.05) is 7.05 Å². The van der Waals surface area contributed by atoms with Crippen LogP contribution in [0.5, 0.6) is 0 Å². The van der Waals surface area contributed by atoms with Gasteiger partial charge in [-0.1, -0.05) is 0 Å². The fourth-order valence-electron chi connectivity index (χ4n) is 2.59. The molecule has 0 radical (unpaired) electrons. The number of hydrogen-bond acceptors (Lipinski definition) is 3. The molecule has 0 aliphatic heterocycles. The highest BCUT2D eigenvalue weighted by molar-refractivity contribution is 5.85. The molecule has 0 amide bonds. The molecule has 0 fully saturated rings. The van der Waals surface area contributed by atoms with Crippen LogP contribution in [0.2, 0.25) is 0 Å². The molecule has 2 N–H and O–H groups in total. The third-order valence-corrected chi connectivity index (χ3v) is 3.49. The fraction of sp³-hybridized carbons (Fsp3) is 0.333. The van der Waals surface area contributed by atoms with Gasteiger partial charge >= 0.3 is 0 Å². The Kier molecular flexibility index (Phi) is 4.00. The lowest BCUT2D eigenvalue weighted by molar-refractivity contribution is -0.122. The summed E-state index contributed by atoms with van der Waals surface area (Å²) in [6.07, 6.45) is 3.75. The van der Waals surface area contributed by atoms with E-state index in [1.165, 1.54) is 41.3 Å². The van der Waals surface area contributed by atoms with Gasteiger partial charge in [0.2, 0.25) is 0 Å². The second kappa shape index (κ2) is 5.69. The highest BCUT2D eigenvalue weighted by Gasteiger charge is 2.13. The van der Waals surface area contributed by atoms with E-state index in [1.54, 1.807) is 0 Å². The normalized spacial score (nSPS) is 12.5. The smallest absolute Gasteiger partial charge is 0.290 e. The minimum atomic E-state index is -0.250. The highest BCUT2D eigenvalue weighted by atomic mass is 16.3. The molecular weight excluding hydrogens is 240 g/mol. The van der Waals surface area contributed by atoms with Crippen molar-refractivity contribution in [3.63, 3.8) is 0 Å². The summed E-state index contributed by atoms with van der Waals surface area (Å²) in [5.74, 6) is 0.961. The van der Waals surface area contributed by atoms with Crippen LogP contribution in [-0.4, -0.2) is 23.6 Å². The molecule has 0 saturated heterocycles. The van der Waals surface area contributed by atoms with Crippen molar-refractivity contribution in [1.82, 2.24) is 4.98 Å². The Labute approximate surface area is 112 Å². The Morgan fingerprint density at radius 1 is 1.26 bits per heavy atom. The topological polar surface area (TPSA) is 62.2 Å². The largest absolute Gasteiger partial charge is 0.483 e. The number of aromatic nitrogens is 1. The molecule has 1 aliphatic rings. The van der Waals surface area contributed by atoms with Crippen molar-refractivity contribution in [2.75, 3.05) is 12.4 Å². The van der Waals surface area contributed by atoms with E-state index in [-0.39, 0.29) is 6.47 Å². The van der Waals surface area contributed by atoms with Crippen molar-refractivity contribution in [2.24, 2.45) is 0 Å². The number of hydrogen-bond donors (Lipinski definition) is 2. The number of fused-ring (bicyclic) bond motifs is 2. The summed E-state index contributed by atoms with van der Waals surface area (Å²) in [5, 5.41) is 11.3. The zero-order chi connectivity index (χ0) is 13.8. The predicted molar refractivity (Wildman–Crippen MR) is 76.7 cm³/mol. The highest BCUT2D eigenvalue weighted by Crippen LogP contribution is 2.29. The van der Waals surface area contributed by atoms with Crippen molar-refractivity contribution >= 4 is 23.2 Å². The molecule has 2 aromatic rings. The first-order valence-corrected chi connectivity index (χ1v) is 6.38. The number of pyridine rings is 1. The molecule has 0 atom stereocenters. The Morgan fingerprint density at radius 3 is 2.53 bits per heavy atom. The van der Waals surface area contributed by atoms with Crippen LogP contribution in [0.1, 0.15) is 23.1 Å². The van der Waals surface area contributed by atoms with Gasteiger partial charge in [0, 0.05) is 12.4 Å². The number of nitrogens with zero attached hydrogens (tertiary/aromatic N) is 1. The lowest BCUT2D eigenvalue weighted by Gasteiger charge is -2.08. The van der Waals surface area contributed by atoms with Crippen molar-refractivity contribution in [1.29, 1.82) is 0 Å². The monoisotopic (exact) mass is 258 g/mol. The van der Waals surface area contributed by atoms with Gasteiger partial charge in [-0.2, -0.15) is 0 Å². The maximum absolute atomic E-state index is 8.36. The summed E-state index contributed by atoms with van der Waals surface area (Å²) in [6, 6.07) is 6.72. The zero-order valence-electron chi connectivity index (χ0n) is 11.2. The SMILES string of the molecule is CNc1cc(C)c2cc3c(cc2n1)CCC3.O=CO. The Bertz CT molecular complexity index is 609. The lowest BCUT2D eigenvalue weighted by atomic mass is 10.0. The van der Waals surface area contributed by atoms with Crippen LogP contribution in [0.3, 0.4) is 0 Å². The quantitative estimate of drug-likeness (QED) is 0.772. The van der Waals surface area contributed by atoms with E-state index < -0.39 is 0 Å². The number of rotatable bonds is 1. The minimum Gasteiger partial charge on any atom is -0.483 e. The van der Waals surface area contributed by atoms with Crippen LogP contribution in [0, 0.1) is 6.92 Å². The first-order chi connectivity index (χ1) is 9.19. The number of nitrogens with one attached hydrogen (secondary N) is 1. The van der Waals surface area contributed by atoms with Crippen molar-refractivity contribution in [3.05, 3.63) is 34.9 Å². The van der Waals surface area contributed by atoms with Gasteiger partial charge in [-0.15, -0.1) is 0 Å². The third kappa shape index (κ3) is 2.67. The molecule has 0 saturated carbocycles. The number of anilines is 1. The molecule has 1 heterocycles. The van der Waals surface area contributed by atoms with Gasteiger partial charge in [-0.3, -0.25) is 4.79 Å². The molecule has 4 heteroatoms. The average Bonchev–Trinajstić information content (AvgIpc) is 2.84. The van der Waals surface area contributed by atoms with Gasteiger partial charge < -0.3 is 10.4 Å². The van der Waals surface area contributed by atoms with Crippen molar-refractivity contribution in [2.45, 2.75) is 26.2 Å². The van der Waals surface area contributed by atoms with Crippen LogP contribution in [0.25, 0.3) is 10.9 Å². The first-order valence-electron chi connectivity index (χ1n) is 6.38. The molecule has 0 spiro atoms. The lowest BCUT2D eigenvalue weighted by Crippen LogP contribution is -1.95. The molecular formula is C15H18N2O2. The second-order valence-electron chi connectivity index (χ2n) is 4.67. The molecule has 1 aromatic carbocycles. The number of carboxylic acid groups (broad SMARTS) is 1. The fourth-order valence-corrected chi connectivity index (χ4v) is 2.59. The van der Waals surface area contributed by atoms with Gasteiger partial charge in [0.1, 0.15) is 5.82 Å². The maximum atomic E-state index is 8.36. The summed E-state index contributed by atoms with van der Waals surface area (Å²) in [4.78, 5) is 13.0. The zero-order valence-corrected chi connectivity index (χ0v) is 11.2. The summed E-state index contributed by atoms with van der Waals surface area (Å²) in [5.41, 5.74) is 5.45. The van der Waals surface area contributed by atoms with E-state index in [9.17, 15) is 0 Å². The number of carbonyl (C=O) groups is 1. The molecule has 1 aliphatic carbocycles. The summed E-state index contributed by atoms with van der Waals surface area (Å²) in [7, 11) is 1.92. The van der Waals surface area contributed by atoms with Gasteiger partial charge in [-0.25, -0.2) is 4.98 Å². The molecule has 4 nitrogen and oxygen atoms in total. The standard InChI is InChI=1S/C14H16N2.CH2O2/c1-9-6-14(15-2)16-13-8-11-5-3-4-10(11)7-12(9)13;2-1-3/h6-8H,3-5H2,1-2H3,(H,15,16);1H,(H,2,3). The van der Waals surface area contributed by atoms with E-state index in [0.717, 1.165) is 11.3 Å². The summed E-state index contributed by atoms with van der Waals surface area (Å²) >= 11 is 0. The van der Waals surface area contributed by atoms with E-state index in [2.05, 4.69) is 35.4 Å². The van der Waals surface area contributed by atoms with Gasteiger partial charge in [-0.05, 0) is 61.1 Å². The van der Waals surface area contributed by atoms with Gasteiger partial charge in [0.05, 0.1) is 5.52 Å². The van der Waals surface area contributed by atoms with Crippen LogP contribution in [0.15, 0.2) is 18.2 Å². The van der Waals surface area contributed by atoms with Crippen molar-refractivity contribution in [3.8, 4) is 0 Å². The Hall–Kier alpha value is -2.10. The van der Waals surface area contributed by atoms with Crippen LogP contribution in [0.4, 0.5) is 5.82 Å². The number of benzene rings is 1. The predicted octanol–water partition coefficient (Wildman–Crippen LogP) is 2.77. The van der Waals surface area contributed by atoms with Gasteiger partial charge in [0.15, 0.2) is 0 Å². The minimum absolute atomic E-state index is 0.250. The van der Waals surface area contributed by atoms with Crippen molar-refractivity contribution < 1.29 is 9.90 Å². The summed E-state index contributed by atoms with van der Waals surface area (Å²) < 4.78 is 0. The average molecular weight is 258 g/mol. The molecule has 1 aromatic heterocycles. The second-order valence-corrected chi connectivity index (χ2v) is 4.67. The molecule has 0 bridgehead atoms. The maximum Gasteiger partial charge on any atom is 0.290 e. The molecule has 0 unspecified atom stereocenters.